The van der Waals surface area contributed by atoms with Gasteiger partial charge >= 0.3 is 0 Å². The second-order valence-electron chi connectivity index (χ2n) is 3.83. The molecule has 1 aromatic heterocycles. The van der Waals surface area contributed by atoms with Gasteiger partial charge in [-0.15, -0.1) is 5.10 Å². The van der Waals surface area contributed by atoms with E-state index in [-0.39, 0.29) is 17.6 Å². The molecule has 1 amide bonds. The minimum absolute atomic E-state index is 0.157. The minimum Gasteiger partial charge on any atom is -0.338 e. The van der Waals surface area contributed by atoms with Gasteiger partial charge < -0.3 is 4.90 Å². The van der Waals surface area contributed by atoms with Crippen LogP contribution in [0.5, 0.6) is 0 Å². The minimum atomic E-state index is -0.265. The Hall–Kier alpha value is -1.90. The number of H-pyrrole nitrogens is 1. The van der Waals surface area contributed by atoms with E-state index in [4.69, 9.17) is 5.26 Å². The first-order chi connectivity index (χ1) is 7.56. The molecule has 1 N–H and O–H groups in total. The summed E-state index contributed by atoms with van der Waals surface area (Å²) in [5.74, 6) is 0.790. The van der Waals surface area contributed by atoms with Gasteiger partial charge in [-0.25, -0.2) is 4.98 Å². The Labute approximate surface area is 94.3 Å². The van der Waals surface area contributed by atoms with Crippen molar-refractivity contribution in [3.05, 3.63) is 11.6 Å². The Balaban J connectivity index is 2.69. The van der Waals surface area contributed by atoms with Crippen LogP contribution in [0.15, 0.2) is 0 Å². The van der Waals surface area contributed by atoms with Crippen molar-refractivity contribution in [2.75, 3.05) is 13.6 Å². The molecule has 86 valence electrons. The van der Waals surface area contributed by atoms with Crippen LogP contribution in [0.2, 0.25) is 0 Å². The van der Waals surface area contributed by atoms with E-state index in [0.717, 1.165) is 0 Å². The first kappa shape index (κ1) is 12.2. The molecule has 0 unspecified atom stereocenters. The van der Waals surface area contributed by atoms with Gasteiger partial charge in [0.05, 0.1) is 12.5 Å². The number of hydrogen-bond donors (Lipinski definition) is 1. The fourth-order valence-electron chi connectivity index (χ4n) is 1.12. The summed E-state index contributed by atoms with van der Waals surface area (Å²) >= 11 is 0. The molecule has 0 spiro atoms. The number of nitriles is 1. The average Bonchev–Trinajstić information content (AvgIpc) is 2.74. The number of hydrogen-bond acceptors (Lipinski definition) is 4. The number of carbonyl (C=O) groups excluding carboxylic acids is 1. The first-order valence-electron chi connectivity index (χ1n) is 5.11. The molecule has 1 heterocycles. The van der Waals surface area contributed by atoms with Gasteiger partial charge in [0.1, 0.15) is 5.82 Å². The van der Waals surface area contributed by atoms with E-state index < -0.39 is 0 Å². The fraction of sp³-hybridized carbons (Fsp3) is 0.600. The number of aromatic nitrogens is 3. The van der Waals surface area contributed by atoms with Crippen LogP contribution < -0.4 is 0 Å². The largest absolute Gasteiger partial charge is 0.338 e. The van der Waals surface area contributed by atoms with Crippen LogP contribution >= 0.6 is 0 Å². The smallest absolute Gasteiger partial charge is 0.293 e. The SMILES string of the molecule is CC(C)c1nc(C(=O)N(C)CCC#N)n[nH]1. The topological polar surface area (TPSA) is 85.7 Å². The zero-order valence-electron chi connectivity index (χ0n) is 9.69. The maximum Gasteiger partial charge on any atom is 0.293 e. The van der Waals surface area contributed by atoms with Crippen molar-refractivity contribution in [3.8, 4) is 6.07 Å². The van der Waals surface area contributed by atoms with Crippen molar-refractivity contribution in [1.29, 1.82) is 5.26 Å². The molecule has 0 saturated carbocycles. The number of aromatic amines is 1. The van der Waals surface area contributed by atoms with Crippen LogP contribution in [0.3, 0.4) is 0 Å². The normalized spacial score (nSPS) is 10.2. The number of carbonyl (C=O) groups is 1. The third-order valence-corrected chi connectivity index (χ3v) is 2.15. The predicted molar refractivity (Wildman–Crippen MR) is 57.7 cm³/mol. The third-order valence-electron chi connectivity index (χ3n) is 2.15. The zero-order chi connectivity index (χ0) is 12.1. The summed E-state index contributed by atoms with van der Waals surface area (Å²) < 4.78 is 0. The zero-order valence-corrected chi connectivity index (χ0v) is 9.69. The number of nitrogens with zero attached hydrogens (tertiary/aromatic N) is 4. The van der Waals surface area contributed by atoms with Crippen LogP contribution in [0.25, 0.3) is 0 Å². The molecule has 1 aromatic rings. The van der Waals surface area contributed by atoms with Crippen LogP contribution in [0.1, 0.15) is 42.6 Å². The monoisotopic (exact) mass is 221 g/mol. The maximum absolute atomic E-state index is 11.8. The lowest BCUT2D eigenvalue weighted by Crippen LogP contribution is -2.28. The molecule has 0 saturated heterocycles. The molecule has 0 bridgehead atoms. The van der Waals surface area contributed by atoms with E-state index in [1.54, 1.807) is 7.05 Å². The Kier molecular flexibility index (Phi) is 4.00. The Bertz CT molecular complexity index is 404. The molecule has 0 aliphatic rings. The molecule has 0 aliphatic heterocycles. The predicted octanol–water partition coefficient (Wildman–Crippen LogP) is 0.914. The van der Waals surface area contributed by atoms with Gasteiger partial charge in [-0.05, 0) is 0 Å². The maximum atomic E-state index is 11.8. The molecule has 1 rings (SSSR count). The van der Waals surface area contributed by atoms with Crippen molar-refractivity contribution in [2.24, 2.45) is 0 Å². The van der Waals surface area contributed by atoms with Crippen LogP contribution in [0.4, 0.5) is 0 Å². The molecule has 0 radical (unpaired) electrons. The number of rotatable bonds is 4. The van der Waals surface area contributed by atoms with Gasteiger partial charge in [-0.1, -0.05) is 13.8 Å². The van der Waals surface area contributed by atoms with E-state index in [0.29, 0.717) is 18.8 Å². The van der Waals surface area contributed by atoms with Crippen molar-refractivity contribution in [1.82, 2.24) is 20.1 Å². The lowest BCUT2D eigenvalue weighted by Gasteiger charge is -2.12. The Morgan fingerprint density at radius 3 is 2.81 bits per heavy atom. The summed E-state index contributed by atoms with van der Waals surface area (Å²) in [6.45, 7) is 4.32. The number of nitrogens with one attached hydrogen (secondary N) is 1. The summed E-state index contributed by atoms with van der Waals surface area (Å²) in [5.41, 5.74) is 0. The van der Waals surface area contributed by atoms with E-state index in [2.05, 4.69) is 15.2 Å². The fourth-order valence-corrected chi connectivity index (χ4v) is 1.12. The van der Waals surface area contributed by atoms with E-state index >= 15 is 0 Å². The van der Waals surface area contributed by atoms with Gasteiger partial charge in [0.2, 0.25) is 5.82 Å². The molecule has 16 heavy (non-hydrogen) atoms. The summed E-state index contributed by atoms with van der Waals surface area (Å²) in [6, 6.07) is 1.99. The second-order valence-corrected chi connectivity index (χ2v) is 3.83. The van der Waals surface area contributed by atoms with E-state index in [9.17, 15) is 4.79 Å². The highest BCUT2D eigenvalue weighted by molar-refractivity contribution is 5.90. The molecule has 6 nitrogen and oxygen atoms in total. The van der Waals surface area contributed by atoms with Gasteiger partial charge in [0.25, 0.3) is 5.91 Å². The third kappa shape index (κ3) is 2.79. The van der Waals surface area contributed by atoms with Gasteiger partial charge in [0, 0.05) is 19.5 Å². The quantitative estimate of drug-likeness (QED) is 0.818. The molecular formula is C10H15N5O. The lowest BCUT2D eigenvalue weighted by atomic mass is 10.2. The van der Waals surface area contributed by atoms with Crippen LogP contribution in [-0.2, 0) is 0 Å². The lowest BCUT2D eigenvalue weighted by molar-refractivity contribution is 0.0786. The summed E-state index contributed by atoms with van der Waals surface area (Å²) in [5, 5.41) is 15.0. The second kappa shape index (κ2) is 5.26. The molecule has 0 aromatic carbocycles. The van der Waals surface area contributed by atoms with Crippen molar-refractivity contribution in [3.63, 3.8) is 0 Å². The van der Waals surface area contributed by atoms with E-state index in [1.807, 2.05) is 19.9 Å². The van der Waals surface area contributed by atoms with Crippen molar-refractivity contribution in [2.45, 2.75) is 26.2 Å². The summed E-state index contributed by atoms with van der Waals surface area (Å²) in [6.07, 6.45) is 0.309. The highest BCUT2D eigenvalue weighted by Crippen LogP contribution is 2.08. The molecule has 0 atom stereocenters. The standard InChI is InChI=1S/C10H15N5O/c1-7(2)8-12-9(14-13-8)10(16)15(3)6-4-5-11/h7H,4,6H2,1-3H3,(H,12,13,14). The number of amides is 1. The van der Waals surface area contributed by atoms with Gasteiger partial charge in [-0.3, -0.25) is 9.89 Å². The summed E-state index contributed by atoms with van der Waals surface area (Å²) in [4.78, 5) is 17.3. The Morgan fingerprint density at radius 1 is 1.62 bits per heavy atom. The summed E-state index contributed by atoms with van der Waals surface area (Å²) in [7, 11) is 1.63. The van der Waals surface area contributed by atoms with Crippen LogP contribution in [-0.4, -0.2) is 39.6 Å². The van der Waals surface area contributed by atoms with Crippen LogP contribution in [0, 0.1) is 11.3 Å². The van der Waals surface area contributed by atoms with Gasteiger partial charge in [-0.2, -0.15) is 5.26 Å². The highest BCUT2D eigenvalue weighted by atomic mass is 16.2. The molecule has 0 fully saturated rings. The average molecular weight is 221 g/mol. The molecule has 6 heteroatoms. The van der Waals surface area contributed by atoms with Crippen molar-refractivity contribution >= 4 is 5.91 Å². The highest BCUT2D eigenvalue weighted by Gasteiger charge is 2.17. The first-order valence-corrected chi connectivity index (χ1v) is 5.11. The van der Waals surface area contributed by atoms with E-state index in [1.165, 1.54) is 4.90 Å². The Morgan fingerprint density at radius 2 is 2.31 bits per heavy atom. The molecule has 0 aliphatic carbocycles. The van der Waals surface area contributed by atoms with Crippen molar-refractivity contribution < 1.29 is 4.79 Å². The van der Waals surface area contributed by atoms with Gasteiger partial charge in [0.15, 0.2) is 0 Å². The molecular weight excluding hydrogens is 206 g/mol.